The Hall–Kier alpha value is -2.43. The Bertz CT molecular complexity index is 641. The van der Waals surface area contributed by atoms with Crippen LogP contribution in [0.5, 0.6) is 5.75 Å². The molecule has 0 heterocycles. The van der Waals surface area contributed by atoms with Gasteiger partial charge in [0.1, 0.15) is 17.4 Å². The van der Waals surface area contributed by atoms with Gasteiger partial charge >= 0.3 is 0 Å². The molecule has 1 N–H and O–H groups in total. The van der Waals surface area contributed by atoms with Crippen molar-refractivity contribution in [3.8, 4) is 5.75 Å². The molecule has 0 unspecified atom stereocenters. The van der Waals surface area contributed by atoms with Crippen molar-refractivity contribution in [3.63, 3.8) is 0 Å². The van der Waals surface area contributed by atoms with E-state index in [1.54, 1.807) is 19.2 Å². The summed E-state index contributed by atoms with van der Waals surface area (Å²) in [5.41, 5.74) is 1.02. The van der Waals surface area contributed by atoms with E-state index in [4.69, 9.17) is 0 Å². The van der Waals surface area contributed by atoms with E-state index in [0.717, 1.165) is 17.7 Å². The molecule has 2 rings (SSSR count). The predicted molar refractivity (Wildman–Crippen MR) is 74.6 cm³/mol. The number of phenolic OH excluding ortho intramolecular Hbond substituents is 1. The first-order valence-corrected chi connectivity index (χ1v) is 6.41. The standard InChI is InChI=1S/C16H15F2NO2/c1-19(10-12-4-5-13(17)9-15(12)18)16(21)8-11-2-6-14(20)7-3-11/h2-7,9,20H,8,10H2,1H3. The number of phenols is 1. The van der Waals surface area contributed by atoms with Gasteiger partial charge in [0.2, 0.25) is 5.91 Å². The number of carbonyl (C=O) groups is 1. The number of hydrogen-bond acceptors (Lipinski definition) is 2. The summed E-state index contributed by atoms with van der Waals surface area (Å²) in [7, 11) is 1.56. The van der Waals surface area contributed by atoms with E-state index < -0.39 is 11.6 Å². The van der Waals surface area contributed by atoms with Crippen molar-refractivity contribution in [3.05, 3.63) is 65.2 Å². The van der Waals surface area contributed by atoms with Crippen LogP contribution in [0.25, 0.3) is 0 Å². The van der Waals surface area contributed by atoms with Crippen LogP contribution in [0.2, 0.25) is 0 Å². The summed E-state index contributed by atoms with van der Waals surface area (Å²) in [5, 5.41) is 9.18. The lowest BCUT2D eigenvalue weighted by Crippen LogP contribution is -2.28. The van der Waals surface area contributed by atoms with E-state index in [1.807, 2.05) is 0 Å². The number of benzene rings is 2. The lowest BCUT2D eigenvalue weighted by molar-refractivity contribution is -0.129. The number of amides is 1. The first-order chi connectivity index (χ1) is 9.95. The highest BCUT2D eigenvalue weighted by atomic mass is 19.1. The van der Waals surface area contributed by atoms with Crippen LogP contribution in [0.3, 0.4) is 0 Å². The van der Waals surface area contributed by atoms with Crippen LogP contribution in [0.15, 0.2) is 42.5 Å². The number of nitrogens with zero attached hydrogens (tertiary/aromatic N) is 1. The molecule has 3 nitrogen and oxygen atoms in total. The third-order valence-electron chi connectivity index (χ3n) is 3.14. The van der Waals surface area contributed by atoms with Crippen LogP contribution in [-0.2, 0) is 17.8 Å². The minimum Gasteiger partial charge on any atom is -0.508 e. The fourth-order valence-electron chi connectivity index (χ4n) is 1.92. The Morgan fingerprint density at radius 2 is 1.81 bits per heavy atom. The Balaban J connectivity index is 2.00. The number of likely N-dealkylation sites (N-methyl/N-ethyl adjacent to an activating group) is 1. The van der Waals surface area contributed by atoms with Crippen LogP contribution in [0, 0.1) is 11.6 Å². The number of rotatable bonds is 4. The number of carbonyl (C=O) groups excluding carboxylic acids is 1. The Morgan fingerprint density at radius 3 is 2.43 bits per heavy atom. The van der Waals surface area contributed by atoms with Gasteiger partial charge in [0.15, 0.2) is 0 Å². The molecule has 0 saturated carbocycles. The summed E-state index contributed by atoms with van der Waals surface area (Å²) in [6.07, 6.45) is 0.152. The molecular weight excluding hydrogens is 276 g/mol. The fraction of sp³-hybridized carbons (Fsp3) is 0.188. The number of aromatic hydroxyl groups is 1. The summed E-state index contributed by atoms with van der Waals surface area (Å²) in [4.78, 5) is 13.4. The predicted octanol–water partition coefficient (Wildman–Crippen LogP) is 2.87. The van der Waals surface area contributed by atoms with E-state index in [0.29, 0.717) is 0 Å². The maximum Gasteiger partial charge on any atom is 0.227 e. The van der Waals surface area contributed by atoms with Gasteiger partial charge in [-0.25, -0.2) is 8.78 Å². The fourth-order valence-corrected chi connectivity index (χ4v) is 1.92. The number of hydrogen-bond donors (Lipinski definition) is 1. The summed E-state index contributed by atoms with van der Waals surface area (Å²) in [6, 6.07) is 9.60. The van der Waals surface area contributed by atoms with E-state index in [-0.39, 0.29) is 30.2 Å². The quantitative estimate of drug-likeness (QED) is 0.941. The maximum atomic E-state index is 13.5. The molecule has 1 amide bonds. The molecule has 2 aromatic carbocycles. The van der Waals surface area contributed by atoms with Gasteiger partial charge in [-0.2, -0.15) is 0 Å². The van der Waals surface area contributed by atoms with Crippen LogP contribution in [0.1, 0.15) is 11.1 Å². The summed E-state index contributed by atoms with van der Waals surface area (Å²) in [5.74, 6) is -1.37. The van der Waals surface area contributed by atoms with E-state index in [2.05, 4.69) is 0 Å². The van der Waals surface area contributed by atoms with Crippen LogP contribution < -0.4 is 0 Å². The molecule has 21 heavy (non-hydrogen) atoms. The minimum atomic E-state index is -0.667. The van der Waals surface area contributed by atoms with Crippen molar-refractivity contribution in [1.82, 2.24) is 4.90 Å². The van der Waals surface area contributed by atoms with Crippen LogP contribution in [-0.4, -0.2) is 23.0 Å². The largest absolute Gasteiger partial charge is 0.508 e. The SMILES string of the molecule is CN(Cc1ccc(F)cc1F)C(=O)Cc1ccc(O)cc1. The van der Waals surface area contributed by atoms with Gasteiger partial charge in [-0.1, -0.05) is 18.2 Å². The lowest BCUT2D eigenvalue weighted by atomic mass is 10.1. The molecule has 2 aromatic rings. The first-order valence-electron chi connectivity index (χ1n) is 6.41. The molecular formula is C16H15F2NO2. The second-order valence-electron chi connectivity index (χ2n) is 4.83. The highest BCUT2D eigenvalue weighted by Crippen LogP contribution is 2.14. The van der Waals surface area contributed by atoms with Crippen molar-refractivity contribution in [1.29, 1.82) is 0 Å². The molecule has 0 atom stereocenters. The second-order valence-corrected chi connectivity index (χ2v) is 4.83. The molecule has 0 spiro atoms. The highest BCUT2D eigenvalue weighted by Gasteiger charge is 2.13. The molecule has 0 aliphatic rings. The second kappa shape index (κ2) is 6.35. The minimum absolute atomic E-state index is 0.0725. The van der Waals surface area contributed by atoms with Gasteiger partial charge in [0.25, 0.3) is 0 Å². The van der Waals surface area contributed by atoms with Crippen LogP contribution >= 0.6 is 0 Å². The molecule has 0 aliphatic heterocycles. The Labute approximate surface area is 121 Å². The molecule has 0 saturated heterocycles. The monoisotopic (exact) mass is 291 g/mol. The molecule has 0 aliphatic carbocycles. The van der Waals surface area contributed by atoms with Crippen molar-refractivity contribution < 1.29 is 18.7 Å². The topological polar surface area (TPSA) is 40.5 Å². The van der Waals surface area contributed by atoms with Crippen LogP contribution in [0.4, 0.5) is 8.78 Å². The Morgan fingerprint density at radius 1 is 1.14 bits per heavy atom. The zero-order valence-corrected chi connectivity index (χ0v) is 11.5. The molecule has 0 aromatic heterocycles. The smallest absolute Gasteiger partial charge is 0.227 e. The molecule has 0 bridgehead atoms. The van der Waals surface area contributed by atoms with E-state index in [1.165, 1.54) is 23.1 Å². The lowest BCUT2D eigenvalue weighted by Gasteiger charge is -2.17. The average molecular weight is 291 g/mol. The van der Waals surface area contributed by atoms with Gasteiger partial charge in [-0.15, -0.1) is 0 Å². The molecule has 0 radical (unpaired) electrons. The van der Waals surface area contributed by atoms with Crippen molar-refractivity contribution >= 4 is 5.91 Å². The summed E-state index contributed by atoms with van der Waals surface area (Å²) < 4.78 is 26.4. The zero-order chi connectivity index (χ0) is 15.4. The molecule has 5 heteroatoms. The zero-order valence-electron chi connectivity index (χ0n) is 11.5. The average Bonchev–Trinajstić information content (AvgIpc) is 2.44. The van der Waals surface area contributed by atoms with Gasteiger partial charge in [-0.3, -0.25) is 4.79 Å². The normalized spacial score (nSPS) is 10.4. The van der Waals surface area contributed by atoms with E-state index in [9.17, 15) is 18.7 Å². The molecule has 110 valence electrons. The van der Waals surface area contributed by atoms with Gasteiger partial charge in [-0.05, 0) is 23.8 Å². The Kier molecular flexibility index (Phi) is 4.52. The van der Waals surface area contributed by atoms with E-state index >= 15 is 0 Å². The first kappa shape index (κ1) is 15.0. The third kappa shape index (κ3) is 4.02. The summed E-state index contributed by atoms with van der Waals surface area (Å²) in [6.45, 7) is 0.0725. The maximum absolute atomic E-state index is 13.5. The number of halogens is 2. The molecule has 0 fully saturated rings. The van der Waals surface area contributed by atoms with Gasteiger partial charge < -0.3 is 10.0 Å². The van der Waals surface area contributed by atoms with Crippen molar-refractivity contribution in [2.45, 2.75) is 13.0 Å². The summed E-state index contributed by atoms with van der Waals surface area (Å²) >= 11 is 0. The third-order valence-corrected chi connectivity index (χ3v) is 3.14. The van der Waals surface area contributed by atoms with Gasteiger partial charge in [0.05, 0.1) is 6.42 Å². The van der Waals surface area contributed by atoms with Crippen molar-refractivity contribution in [2.75, 3.05) is 7.05 Å². The van der Waals surface area contributed by atoms with Gasteiger partial charge in [0, 0.05) is 25.2 Å². The highest BCUT2D eigenvalue weighted by molar-refractivity contribution is 5.78. The van der Waals surface area contributed by atoms with Crippen molar-refractivity contribution in [2.24, 2.45) is 0 Å².